The zero-order valence-corrected chi connectivity index (χ0v) is 25.4. The molecule has 0 bridgehead atoms. The summed E-state index contributed by atoms with van der Waals surface area (Å²) < 4.78 is 16.1. The number of alkyl carbamates (subject to hydrolysis) is 1. The number of carboxylic acids is 1. The average Bonchev–Trinajstić information content (AvgIpc) is 2.98. The Bertz CT molecular complexity index is 1390. The minimum absolute atomic E-state index is 0.150. The predicted octanol–water partition coefficient (Wildman–Crippen LogP) is 5.25. The molecule has 3 aromatic rings. The van der Waals surface area contributed by atoms with Crippen molar-refractivity contribution in [1.29, 1.82) is 0 Å². The smallest absolute Gasteiger partial charge is 0.430 e. The molecule has 0 spiro atoms. The first-order valence-corrected chi connectivity index (χ1v) is 13.8. The number of carbonyl (C=O) groups excluding carboxylic acids is 3. The summed E-state index contributed by atoms with van der Waals surface area (Å²) in [5.74, 6) is -1.55. The van der Waals surface area contributed by atoms with Gasteiger partial charge in [0.15, 0.2) is 6.04 Å². The fraction of sp³-hybridized carbons (Fsp3) is 0.312. The van der Waals surface area contributed by atoms with Gasteiger partial charge < -0.3 is 29.5 Å². The number of hydrazine groups is 1. The monoisotopic (exact) mass is 606 g/mol. The van der Waals surface area contributed by atoms with Gasteiger partial charge in [-0.05, 0) is 49.6 Å². The SMILES string of the molecule is CN(C)c1ccc([C@@H](NC(=O)OC(C)(C)C)[C@H](C(=O)O)N(NC(=O)OCc2ccccc2)C(=O)OCc2ccccc2)cc1. The van der Waals surface area contributed by atoms with Crippen LogP contribution < -0.4 is 15.6 Å². The van der Waals surface area contributed by atoms with E-state index in [1.165, 1.54) is 0 Å². The van der Waals surface area contributed by atoms with Crippen molar-refractivity contribution in [3.8, 4) is 0 Å². The number of nitrogens with zero attached hydrogens (tertiary/aromatic N) is 2. The average molecular weight is 607 g/mol. The maximum atomic E-state index is 13.5. The summed E-state index contributed by atoms with van der Waals surface area (Å²) >= 11 is 0. The number of hydrogen-bond acceptors (Lipinski definition) is 8. The van der Waals surface area contributed by atoms with Gasteiger partial charge in [0, 0.05) is 19.8 Å². The molecular weight excluding hydrogens is 568 g/mol. The Morgan fingerprint density at radius 2 is 1.30 bits per heavy atom. The summed E-state index contributed by atoms with van der Waals surface area (Å²) in [5, 5.41) is 13.5. The molecule has 12 heteroatoms. The van der Waals surface area contributed by atoms with Gasteiger partial charge in [-0.15, -0.1) is 0 Å². The van der Waals surface area contributed by atoms with Gasteiger partial charge in [0.1, 0.15) is 18.8 Å². The Hall–Kier alpha value is -5.26. The third-order valence-corrected chi connectivity index (χ3v) is 6.11. The first-order valence-electron chi connectivity index (χ1n) is 13.8. The fourth-order valence-electron chi connectivity index (χ4n) is 4.03. The highest BCUT2D eigenvalue weighted by atomic mass is 16.6. The number of nitrogens with one attached hydrogen (secondary N) is 2. The molecule has 3 amide bonds. The van der Waals surface area contributed by atoms with Crippen LogP contribution in [0.1, 0.15) is 43.5 Å². The van der Waals surface area contributed by atoms with E-state index in [4.69, 9.17) is 14.2 Å². The lowest BCUT2D eigenvalue weighted by molar-refractivity contribution is -0.145. The number of carbonyl (C=O) groups is 4. The van der Waals surface area contributed by atoms with E-state index in [9.17, 15) is 24.3 Å². The molecular formula is C32H38N4O8. The van der Waals surface area contributed by atoms with E-state index in [1.807, 2.05) is 19.0 Å². The Morgan fingerprint density at radius 3 is 1.77 bits per heavy atom. The molecule has 3 aromatic carbocycles. The largest absolute Gasteiger partial charge is 0.480 e. The molecule has 3 N–H and O–H groups in total. The molecule has 0 aliphatic carbocycles. The van der Waals surface area contributed by atoms with Crippen molar-refractivity contribution < 1.29 is 38.5 Å². The van der Waals surface area contributed by atoms with Crippen LogP contribution in [0.15, 0.2) is 84.9 Å². The molecule has 0 saturated carbocycles. The molecule has 0 heterocycles. The predicted molar refractivity (Wildman–Crippen MR) is 163 cm³/mol. The van der Waals surface area contributed by atoms with Crippen molar-refractivity contribution in [3.05, 3.63) is 102 Å². The maximum absolute atomic E-state index is 13.5. The Labute approximate surface area is 256 Å². The van der Waals surface area contributed by atoms with Crippen molar-refractivity contribution in [1.82, 2.24) is 15.8 Å². The van der Waals surface area contributed by atoms with Crippen LogP contribution in [0.2, 0.25) is 0 Å². The summed E-state index contributed by atoms with van der Waals surface area (Å²) in [6.07, 6.45) is -3.25. The first kappa shape index (κ1) is 33.2. The van der Waals surface area contributed by atoms with E-state index in [0.717, 1.165) is 5.69 Å². The van der Waals surface area contributed by atoms with Crippen LogP contribution in [0.4, 0.5) is 20.1 Å². The second kappa shape index (κ2) is 15.3. The number of rotatable bonds is 10. The van der Waals surface area contributed by atoms with Crippen molar-refractivity contribution in [2.24, 2.45) is 0 Å². The van der Waals surface area contributed by atoms with Gasteiger partial charge in [0.25, 0.3) is 0 Å². The molecule has 0 aliphatic heterocycles. The van der Waals surface area contributed by atoms with E-state index >= 15 is 0 Å². The van der Waals surface area contributed by atoms with Gasteiger partial charge in [0.2, 0.25) is 0 Å². The Kier molecular flexibility index (Phi) is 11.5. The second-order valence-electron chi connectivity index (χ2n) is 11.0. The highest BCUT2D eigenvalue weighted by Gasteiger charge is 2.42. The highest BCUT2D eigenvalue weighted by Crippen LogP contribution is 2.25. The van der Waals surface area contributed by atoms with Crippen LogP contribution >= 0.6 is 0 Å². The molecule has 0 radical (unpaired) electrons. The van der Waals surface area contributed by atoms with Gasteiger partial charge in [0.05, 0.1) is 6.04 Å². The van der Waals surface area contributed by atoms with E-state index in [0.29, 0.717) is 21.7 Å². The van der Waals surface area contributed by atoms with Gasteiger partial charge in [-0.1, -0.05) is 72.8 Å². The number of ether oxygens (including phenoxy) is 3. The lowest BCUT2D eigenvalue weighted by Crippen LogP contribution is -2.59. The molecule has 2 atom stereocenters. The van der Waals surface area contributed by atoms with Gasteiger partial charge in [-0.2, -0.15) is 5.01 Å². The van der Waals surface area contributed by atoms with E-state index in [-0.39, 0.29) is 13.2 Å². The summed E-state index contributed by atoms with van der Waals surface area (Å²) in [6, 6.07) is 20.9. The van der Waals surface area contributed by atoms with Crippen LogP contribution in [-0.2, 0) is 32.2 Å². The van der Waals surface area contributed by atoms with E-state index in [1.54, 1.807) is 106 Å². The minimum atomic E-state index is -1.90. The number of carboxylic acid groups (broad SMARTS) is 1. The van der Waals surface area contributed by atoms with Crippen LogP contribution in [0.3, 0.4) is 0 Å². The van der Waals surface area contributed by atoms with Gasteiger partial charge >= 0.3 is 24.2 Å². The van der Waals surface area contributed by atoms with Crippen LogP contribution in [0.25, 0.3) is 0 Å². The molecule has 44 heavy (non-hydrogen) atoms. The molecule has 234 valence electrons. The summed E-state index contributed by atoms with van der Waals surface area (Å²) in [4.78, 5) is 54.1. The highest BCUT2D eigenvalue weighted by molar-refractivity contribution is 5.84. The number of aliphatic carboxylic acids is 1. The lowest BCUT2D eigenvalue weighted by Gasteiger charge is -2.34. The minimum Gasteiger partial charge on any atom is -0.480 e. The van der Waals surface area contributed by atoms with Crippen LogP contribution in [-0.4, -0.2) is 60.1 Å². The Morgan fingerprint density at radius 1 is 0.773 bits per heavy atom. The van der Waals surface area contributed by atoms with Crippen LogP contribution in [0, 0.1) is 0 Å². The zero-order chi connectivity index (χ0) is 32.3. The summed E-state index contributed by atoms with van der Waals surface area (Å²) in [6.45, 7) is 4.59. The summed E-state index contributed by atoms with van der Waals surface area (Å²) in [7, 11) is 3.67. The van der Waals surface area contributed by atoms with Crippen LogP contribution in [0.5, 0.6) is 0 Å². The molecule has 0 aromatic heterocycles. The van der Waals surface area contributed by atoms with E-state index in [2.05, 4.69) is 10.7 Å². The number of amides is 3. The molecule has 0 aliphatic rings. The van der Waals surface area contributed by atoms with Crippen molar-refractivity contribution in [2.45, 2.75) is 51.7 Å². The van der Waals surface area contributed by atoms with Gasteiger partial charge in [-0.3, -0.25) is 0 Å². The topological polar surface area (TPSA) is 147 Å². The van der Waals surface area contributed by atoms with Crippen molar-refractivity contribution in [2.75, 3.05) is 19.0 Å². The number of anilines is 1. The molecule has 0 fully saturated rings. The number of benzene rings is 3. The first-order chi connectivity index (χ1) is 20.8. The zero-order valence-electron chi connectivity index (χ0n) is 25.4. The molecule has 0 unspecified atom stereocenters. The number of hydrogen-bond donors (Lipinski definition) is 3. The van der Waals surface area contributed by atoms with Crippen molar-refractivity contribution >= 4 is 29.9 Å². The Balaban J connectivity index is 1.99. The molecule has 12 nitrogen and oxygen atoms in total. The van der Waals surface area contributed by atoms with Crippen molar-refractivity contribution in [3.63, 3.8) is 0 Å². The third-order valence-electron chi connectivity index (χ3n) is 6.11. The standard InChI is InChI=1S/C32H38N4O8/c1-32(2,3)44-29(39)33-26(24-16-18-25(19-17-24)35(4)5)27(28(37)38)36(31(41)43-21-23-14-10-7-11-15-23)34-30(40)42-20-22-12-8-6-9-13-22/h6-19,26-27H,20-21H2,1-5H3,(H,33,39)(H,34,40)(H,37,38)/t26-,27-/m1/s1. The quantitative estimate of drug-likeness (QED) is 0.208. The molecule has 3 rings (SSSR count). The fourth-order valence-corrected chi connectivity index (χ4v) is 4.03. The normalized spacial score (nSPS) is 12.2. The van der Waals surface area contributed by atoms with Gasteiger partial charge in [-0.25, -0.2) is 24.6 Å². The maximum Gasteiger partial charge on any atom is 0.430 e. The van der Waals surface area contributed by atoms with E-state index < -0.39 is 41.9 Å². The molecule has 0 saturated heterocycles. The lowest BCUT2D eigenvalue weighted by atomic mass is 9.98. The second-order valence-corrected chi connectivity index (χ2v) is 11.0. The third kappa shape index (κ3) is 10.2. The summed E-state index contributed by atoms with van der Waals surface area (Å²) in [5.41, 5.74) is 3.73.